The molecular weight excluding hydrogens is 400 g/mol. The topological polar surface area (TPSA) is 142 Å². The Balaban J connectivity index is 2.17. The molecule has 0 saturated carbocycles. The van der Waals surface area contributed by atoms with Gasteiger partial charge in [0.05, 0.1) is 6.54 Å². The molecule has 5 N–H and O–H groups in total. The predicted molar refractivity (Wildman–Crippen MR) is 115 cm³/mol. The van der Waals surface area contributed by atoms with Crippen molar-refractivity contribution < 1.29 is 24.3 Å². The quantitative estimate of drug-likeness (QED) is 0.418. The highest BCUT2D eigenvalue weighted by molar-refractivity contribution is 5.94. The van der Waals surface area contributed by atoms with Crippen molar-refractivity contribution in [3.63, 3.8) is 0 Å². The fraction of sp³-hybridized carbons (Fsp3) is 0.545. The molecule has 0 spiro atoms. The third-order valence-electron chi connectivity index (χ3n) is 5.72. The number of nitrogens with zero attached hydrogens (tertiary/aromatic N) is 1. The minimum absolute atomic E-state index is 0.248. The first-order valence-electron chi connectivity index (χ1n) is 10.7. The number of likely N-dealkylation sites (tertiary alicyclic amines) is 1. The van der Waals surface area contributed by atoms with Crippen molar-refractivity contribution >= 4 is 23.7 Å². The van der Waals surface area contributed by atoms with Gasteiger partial charge in [0.25, 0.3) is 0 Å². The Morgan fingerprint density at radius 2 is 1.87 bits per heavy atom. The van der Waals surface area contributed by atoms with E-state index in [1.807, 2.05) is 37.3 Å². The van der Waals surface area contributed by atoms with Crippen molar-refractivity contribution in [1.82, 2.24) is 15.5 Å². The van der Waals surface area contributed by atoms with E-state index in [2.05, 4.69) is 10.6 Å². The van der Waals surface area contributed by atoms with Gasteiger partial charge in [-0.05, 0) is 24.3 Å². The Morgan fingerprint density at radius 1 is 1.19 bits per heavy atom. The highest BCUT2D eigenvalue weighted by atomic mass is 16.4. The van der Waals surface area contributed by atoms with E-state index in [4.69, 9.17) is 5.73 Å². The minimum Gasteiger partial charge on any atom is -0.480 e. The zero-order chi connectivity index (χ0) is 23.0. The van der Waals surface area contributed by atoms with Crippen LogP contribution >= 0.6 is 0 Å². The van der Waals surface area contributed by atoms with E-state index < -0.39 is 35.9 Å². The van der Waals surface area contributed by atoms with Crippen LogP contribution in [0.5, 0.6) is 0 Å². The number of carbonyl (C=O) groups excluding carboxylic acids is 3. The van der Waals surface area contributed by atoms with E-state index in [1.165, 1.54) is 4.90 Å². The number of carbonyl (C=O) groups is 4. The fourth-order valence-electron chi connectivity index (χ4n) is 3.74. The highest BCUT2D eigenvalue weighted by Gasteiger charge is 2.39. The van der Waals surface area contributed by atoms with Gasteiger partial charge in [-0.2, -0.15) is 0 Å². The Hall–Kier alpha value is -2.94. The second-order valence-electron chi connectivity index (χ2n) is 7.91. The maximum atomic E-state index is 13.3. The molecule has 4 atom stereocenters. The highest BCUT2D eigenvalue weighted by Crippen LogP contribution is 2.21. The number of nitrogens with two attached hydrogens (primary N) is 1. The summed E-state index contributed by atoms with van der Waals surface area (Å²) in [6.45, 7) is 3.72. The zero-order valence-corrected chi connectivity index (χ0v) is 18.0. The molecule has 0 radical (unpaired) electrons. The Morgan fingerprint density at radius 3 is 2.45 bits per heavy atom. The molecule has 9 nitrogen and oxygen atoms in total. The van der Waals surface area contributed by atoms with Crippen LogP contribution in [0.15, 0.2) is 30.3 Å². The predicted octanol–water partition coefficient (Wildman–Crippen LogP) is 0.279. The Labute approximate surface area is 182 Å². The molecule has 1 heterocycles. The van der Waals surface area contributed by atoms with Gasteiger partial charge in [-0.3, -0.25) is 14.4 Å². The van der Waals surface area contributed by atoms with Gasteiger partial charge in [0, 0.05) is 13.0 Å². The summed E-state index contributed by atoms with van der Waals surface area (Å²) < 4.78 is 0. The van der Waals surface area contributed by atoms with Gasteiger partial charge in [-0.1, -0.05) is 50.6 Å². The molecule has 1 aliphatic heterocycles. The largest absolute Gasteiger partial charge is 0.480 e. The molecule has 0 aliphatic carbocycles. The van der Waals surface area contributed by atoms with E-state index in [1.54, 1.807) is 6.92 Å². The van der Waals surface area contributed by atoms with Crippen molar-refractivity contribution in [2.24, 2.45) is 11.7 Å². The molecule has 0 aromatic heterocycles. The first-order chi connectivity index (χ1) is 14.8. The molecule has 1 aliphatic rings. The number of hydrogen-bond acceptors (Lipinski definition) is 5. The van der Waals surface area contributed by atoms with E-state index in [0.717, 1.165) is 5.56 Å². The molecule has 0 bridgehead atoms. The van der Waals surface area contributed by atoms with Crippen LogP contribution in [0.4, 0.5) is 0 Å². The monoisotopic (exact) mass is 432 g/mol. The number of aliphatic carboxylic acids is 1. The number of carboxylic acids is 1. The summed E-state index contributed by atoms with van der Waals surface area (Å²) in [5.41, 5.74) is 6.27. The van der Waals surface area contributed by atoms with E-state index in [9.17, 15) is 24.3 Å². The van der Waals surface area contributed by atoms with Crippen LogP contribution in [0.2, 0.25) is 0 Å². The molecule has 1 aromatic carbocycles. The number of benzene rings is 1. The maximum Gasteiger partial charge on any atom is 0.326 e. The third kappa shape index (κ3) is 6.52. The zero-order valence-electron chi connectivity index (χ0n) is 18.0. The van der Waals surface area contributed by atoms with Crippen molar-refractivity contribution in [3.8, 4) is 0 Å². The smallest absolute Gasteiger partial charge is 0.326 e. The lowest BCUT2D eigenvalue weighted by molar-refractivity contribution is -0.145. The molecule has 1 aromatic rings. The average molecular weight is 433 g/mol. The number of hydrogen-bond donors (Lipinski definition) is 4. The first kappa shape index (κ1) is 24.3. The summed E-state index contributed by atoms with van der Waals surface area (Å²) in [7, 11) is 0. The molecular formula is C22H32N4O5. The summed E-state index contributed by atoms with van der Waals surface area (Å²) in [4.78, 5) is 51.1. The number of amides is 3. The van der Waals surface area contributed by atoms with Gasteiger partial charge < -0.3 is 26.4 Å². The second-order valence-corrected chi connectivity index (χ2v) is 7.91. The fourth-order valence-corrected chi connectivity index (χ4v) is 3.74. The van der Waals surface area contributed by atoms with E-state index >= 15 is 0 Å². The van der Waals surface area contributed by atoms with Crippen LogP contribution in [0, 0.1) is 5.92 Å². The molecule has 3 amide bonds. The molecule has 1 saturated heterocycles. The second kappa shape index (κ2) is 11.5. The summed E-state index contributed by atoms with van der Waals surface area (Å²) in [5.74, 6) is -2.67. The van der Waals surface area contributed by atoms with Crippen LogP contribution in [0.25, 0.3) is 0 Å². The van der Waals surface area contributed by atoms with Crippen molar-refractivity contribution in [2.45, 2.75) is 57.7 Å². The lowest BCUT2D eigenvalue weighted by atomic mass is 9.98. The van der Waals surface area contributed by atoms with Crippen LogP contribution in [0.3, 0.4) is 0 Å². The molecule has 4 unspecified atom stereocenters. The normalized spacial score (nSPS) is 18.7. The van der Waals surface area contributed by atoms with E-state index in [-0.39, 0.29) is 24.8 Å². The van der Waals surface area contributed by atoms with E-state index in [0.29, 0.717) is 25.8 Å². The Kier molecular flexibility index (Phi) is 8.99. The summed E-state index contributed by atoms with van der Waals surface area (Å²) in [6, 6.07) is 6.59. The summed E-state index contributed by atoms with van der Waals surface area (Å²) >= 11 is 0. The maximum absolute atomic E-state index is 13.3. The van der Waals surface area contributed by atoms with Gasteiger partial charge in [-0.25, -0.2) is 4.79 Å². The van der Waals surface area contributed by atoms with Crippen LogP contribution in [0.1, 0.15) is 38.7 Å². The van der Waals surface area contributed by atoms with Crippen molar-refractivity contribution in [3.05, 3.63) is 35.9 Å². The average Bonchev–Trinajstić information content (AvgIpc) is 3.26. The van der Waals surface area contributed by atoms with Gasteiger partial charge >= 0.3 is 5.97 Å². The molecule has 9 heteroatoms. The van der Waals surface area contributed by atoms with Crippen molar-refractivity contribution in [2.75, 3.05) is 13.1 Å². The summed E-state index contributed by atoms with van der Waals surface area (Å²) in [5, 5.41) is 14.7. The molecule has 1 fully saturated rings. The third-order valence-corrected chi connectivity index (χ3v) is 5.72. The van der Waals surface area contributed by atoms with Gasteiger partial charge in [0.2, 0.25) is 17.7 Å². The van der Waals surface area contributed by atoms with Crippen molar-refractivity contribution in [1.29, 1.82) is 0 Å². The van der Waals surface area contributed by atoms with Crippen LogP contribution in [-0.2, 0) is 25.6 Å². The first-order valence-corrected chi connectivity index (χ1v) is 10.7. The van der Waals surface area contributed by atoms with Gasteiger partial charge in [-0.15, -0.1) is 0 Å². The lowest BCUT2D eigenvalue weighted by Gasteiger charge is -2.30. The number of nitrogens with one attached hydrogen (secondary N) is 2. The number of rotatable bonds is 10. The lowest BCUT2D eigenvalue weighted by Crippen LogP contribution is -2.57. The number of carboxylic acid groups (broad SMARTS) is 1. The molecule has 170 valence electrons. The minimum atomic E-state index is -1.10. The van der Waals surface area contributed by atoms with Crippen LogP contribution in [-0.4, -0.2) is 64.9 Å². The SMILES string of the molecule is CCC(C)C(NC(=O)C1CCCN1C(=O)C(Cc1ccccc1)NC(=O)CN)C(=O)O. The molecule has 31 heavy (non-hydrogen) atoms. The standard InChI is InChI=1S/C22H32N4O5/c1-3-14(2)19(22(30)31)25-20(28)17-10-7-11-26(17)21(29)16(24-18(27)13-23)12-15-8-5-4-6-9-15/h4-6,8-9,14,16-17,19H,3,7,10-13,23H2,1-2H3,(H,24,27)(H,25,28)(H,30,31). The van der Waals surface area contributed by atoms with Gasteiger partial charge in [0.15, 0.2) is 0 Å². The summed E-state index contributed by atoms with van der Waals surface area (Å²) in [6.07, 6.45) is 1.91. The Bertz CT molecular complexity index is 785. The molecule has 2 rings (SSSR count). The van der Waals surface area contributed by atoms with Crippen LogP contribution < -0.4 is 16.4 Å². The van der Waals surface area contributed by atoms with Gasteiger partial charge in [0.1, 0.15) is 18.1 Å².